The van der Waals surface area contributed by atoms with Gasteiger partial charge in [0.05, 0.1) is 5.88 Å². The molecule has 0 radical (unpaired) electrons. The predicted molar refractivity (Wildman–Crippen MR) is 73.8 cm³/mol. The van der Waals surface area contributed by atoms with Crippen molar-refractivity contribution in [3.8, 4) is 11.6 Å². The number of imidazole rings is 1. The van der Waals surface area contributed by atoms with Crippen molar-refractivity contribution >= 4 is 27.9 Å². The molecule has 0 saturated heterocycles. The van der Waals surface area contributed by atoms with E-state index in [2.05, 4.69) is 4.98 Å². The Morgan fingerprint density at radius 2 is 2.32 bits per heavy atom. The van der Waals surface area contributed by atoms with E-state index in [1.165, 1.54) is 23.5 Å². The van der Waals surface area contributed by atoms with Crippen LogP contribution in [-0.2, 0) is 5.88 Å². The van der Waals surface area contributed by atoms with Crippen molar-refractivity contribution in [2.75, 3.05) is 0 Å². The predicted octanol–water partition coefficient (Wildman–Crippen LogP) is 4.37. The van der Waals surface area contributed by atoms with E-state index in [-0.39, 0.29) is 11.7 Å². The zero-order chi connectivity index (χ0) is 13.4. The van der Waals surface area contributed by atoms with Crippen molar-refractivity contribution in [2.45, 2.75) is 12.8 Å². The Labute approximate surface area is 118 Å². The number of nitrogens with zero attached hydrogens (tertiary/aromatic N) is 2. The molecule has 0 amide bonds. The van der Waals surface area contributed by atoms with Gasteiger partial charge in [0.2, 0.25) is 5.88 Å². The summed E-state index contributed by atoms with van der Waals surface area (Å²) in [6.45, 7) is 1.85. The minimum absolute atomic E-state index is 0.279. The van der Waals surface area contributed by atoms with Crippen LogP contribution >= 0.6 is 22.9 Å². The lowest BCUT2D eigenvalue weighted by molar-refractivity contribution is 0.453. The summed E-state index contributed by atoms with van der Waals surface area (Å²) < 4.78 is 20.8. The monoisotopic (exact) mass is 296 g/mol. The van der Waals surface area contributed by atoms with Crippen LogP contribution in [0.2, 0.25) is 0 Å². The van der Waals surface area contributed by atoms with Gasteiger partial charge >= 0.3 is 0 Å². The van der Waals surface area contributed by atoms with Gasteiger partial charge in [0.25, 0.3) is 0 Å². The van der Waals surface area contributed by atoms with Crippen LogP contribution in [0.4, 0.5) is 4.39 Å². The fourth-order valence-corrected chi connectivity index (χ4v) is 2.77. The standard InChI is InChI=1S/C13H10ClFN2OS/c1-8-2-3-9(15)6-11(8)18-12-10(7-14)17-4-5-19-13(17)16-12/h2-6H,7H2,1H3. The molecule has 3 rings (SSSR count). The van der Waals surface area contributed by atoms with E-state index in [4.69, 9.17) is 16.3 Å². The molecule has 0 aliphatic carbocycles. The lowest BCUT2D eigenvalue weighted by atomic mass is 10.2. The van der Waals surface area contributed by atoms with Gasteiger partial charge in [-0.25, -0.2) is 4.39 Å². The maximum atomic E-state index is 13.2. The average Bonchev–Trinajstić information content (AvgIpc) is 2.94. The molecular formula is C13H10ClFN2OS. The molecule has 19 heavy (non-hydrogen) atoms. The number of aryl methyl sites for hydroxylation is 1. The number of hydrogen-bond acceptors (Lipinski definition) is 3. The molecule has 98 valence electrons. The van der Waals surface area contributed by atoms with Crippen molar-refractivity contribution in [3.63, 3.8) is 0 Å². The molecule has 6 heteroatoms. The van der Waals surface area contributed by atoms with Crippen molar-refractivity contribution < 1.29 is 9.13 Å². The van der Waals surface area contributed by atoms with Crippen molar-refractivity contribution in [1.29, 1.82) is 0 Å². The van der Waals surface area contributed by atoms with Gasteiger partial charge in [-0.3, -0.25) is 4.40 Å². The topological polar surface area (TPSA) is 26.5 Å². The van der Waals surface area contributed by atoms with Gasteiger partial charge in [-0.2, -0.15) is 4.98 Å². The summed E-state index contributed by atoms with van der Waals surface area (Å²) in [6, 6.07) is 4.42. The largest absolute Gasteiger partial charge is 0.437 e. The summed E-state index contributed by atoms with van der Waals surface area (Å²) in [5.74, 6) is 0.823. The first-order chi connectivity index (χ1) is 9.19. The molecule has 2 aromatic heterocycles. The number of thiazole rings is 1. The lowest BCUT2D eigenvalue weighted by Crippen LogP contribution is -1.93. The second-order valence-electron chi connectivity index (χ2n) is 4.06. The second kappa shape index (κ2) is 4.83. The van der Waals surface area contributed by atoms with Crippen molar-refractivity contribution in [3.05, 3.63) is 46.9 Å². The Morgan fingerprint density at radius 1 is 1.47 bits per heavy atom. The summed E-state index contributed by atoms with van der Waals surface area (Å²) in [5, 5.41) is 1.93. The van der Waals surface area contributed by atoms with Crippen molar-refractivity contribution in [2.24, 2.45) is 0 Å². The summed E-state index contributed by atoms with van der Waals surface area (Å²) >= 11 is 7.43. The molecule has 0 bridgehead atoms. The summed E-state index contributed by atoms with van der Waals surface area (Å²) in [6.07, 6.45) is 1.88. The number of aromatic nitrogens is 2. The number of halogens is 2. The fraction of sp³-hybridized carbons (Fsp3) is 0.154. The smallest absolute Gasteiger partial charge is 0.243 e. The van der Waals surface area contributed by atoms with Crippen molar-refractivity contribution in [1.82, 2.24) is 9.38 Å². The Hall–Kier alpha value is -1.59. The van der Waals surface area contributed by atoms with Gasteiger partial charge in [0, 0.05) is 17.6 Å². The summed E-state index contributed by atoms with van der Waals surface area (Å²) in [5.41, 5.74) is 1.61. The molecule has 0 atom stereocenters. The average molecular weight is 297 g/mol. The summed E-state index contributed by atoms with van der Waals surface area (Å²) in [7, 11) is 0. The molecule has 1 aromatic carbocycles. The van der Waals surface area contributed by atoms with Crippen LogP contribution in [0.5, 0.6) is 11.6 Å². The minimum Gasteiger partial charge on any atom is -0.437 e. The van der Waals surface area contributed by atoms with E-state index in [1.807, 2.05) is 22.9 Å². The van der Waals surface area contributed by atoms with Gasteiger partial charge in [-0.1, -0.05) is 6.07 Å². The van der Waals surface area contributed by atoms with Crippen LogP contribution < -0.4 is 4.74 Å². The van der Waals surface area contributed by atoms with Crippen LogP contribution in [0.1, 0.15) is 11.3 Å². The number of ether oxygens (including phenoxy) is 1. The molecule has 0 N–H and O–H groups in total. The van der Waals surface area contributed by atoms with Crippen LogP contribution in [0.25, 0.3) is 4.96 Å². The number of rotatable bonds is 3. The Morgan fingerprint density at radius 3 is 3.11 bits per heavy atom. The first-order valence-corrected chi connectivity index (χ1v) is 7.05. The van der Waals surface area contributed by atoms with E-state index < -0.39 is 0 Å². The SMILES string of the molecule is Cc1ccc(F)cc1Oc1nc2sccn2c1CCl. The minimum atomic E-state index is -0.339. The van der Waals surface area contributed by atoms with Gasteiger partial charge < -0.3 is 4.74 Å². The Balaban J connectivity index is 2.05. The Kier molecular flexibility index (Phi) is 3.16. The van der Waals surface area contributed by atoms with E-state index in [9.17, 15) is 4.39 Å². The molecule has 0 fully saturated rings. The number of hydrogen-bond donors (Lipinski definition) is 0. The van der Waals surface area contributed by atoms with Crippen LogP contribution in [0, 0.1) is 12.7 Å². The summed E-state index contributed by atoms with van der Waals surface area (Å²) in [4.78, 5) is 5.17. The van der Waals surface area contributed by atoms with E-state index >= 15 is 0 Å². The zero-order valence-corrected chi connectivity index (χ0v) is 11.6. The highest BCUT2D eigenvalue weighted by atomic mass is 35.5. The highest BCUT2D eigenvalue weighted by molar-refractivity contribution is 7.15. The van der Waals surface area contributed by atoms with Gasteiger partial charge in [0.15, 0.2) is 4.96 Å². The van der Waals surface area contributed by atoms with Crippen LogP contribution in [0.3, 0.4) is 0 Å². The third-order valence-corrected chi connectivity index (χ3v) is 3.82. The van der Waals surface area contributed by atoms with E-state index in [0.717, 1.165) is 16.2 Å². The number of fused-ring (bicyclic) bond motifs is 1. The van der Waals surface area contributed by atoms with E-state index in [1.54, 1.807) is 6.07 Å². The lowest BCUT2D eigenvalue weighted by Gasteiger charge is -2.07. The third kappa shape index (κ3) is 2.19. The maximum Gasteiger partial charge on any atom is 0.243 e. The molecule has 0 saturated carbocycles. The highest BCUT2D eigenvalue weighted by Gasteiger charge is 2.15. The van der Waals surface area contributed by atoms with Gasteiger partial charge in [-0.15, -0.1) is 22.9 Å². The normalized spacial score (nSPS) is 11.1. The fourth-order valence-electron chi connectivity index (χ4n) is 1.80. The first kappa shape index (κ1) is 12.4. The molecule has 0 spiro atoms. The van der Waals surface area contributed by atoms with Gasteiger partial charge in [0.1, 0.15) is 17.3 Å². The molecule has 2 heterocycles. The van der Waals surface area contributed by atoms with E-state index in [0.29, 0.717) is 11.6 Å². The number of alkyl halides is 1. The molecule has 3 nitrogen and oxygen atoms in total. The number of benzene rings is 1. The third-order valence-electron chi connectivity index (χ3n) is 2.81. The molecule has 3 aromatic rings. The molecular weight excluding hydrogens is 287 g/mol. The first-order valence-electron chi connectivity index (χ1n) is 5.63. The highest BCUT2D eigenvalue weighted by Crippen LogP contribution is 2.30. The molecule has 0 aliphatic rings. The molecule has 0 unspecified atom stereocenters. The van der Waals surface area contributed by atoms with Crippen LogP contribution in [-0.4, -0.2) is 9.38 Å². The second-order valence-corrected chi connectivity index (χ2v) is 5.21. The Bertz CT molecular complexity index is 737. The van der Waals surface area contributed by atoms with Crippen LogP contribution in [0.15, 0.2) is 29.8 Å². The quantitative estimate of drug-likeness (QED) is 0.671. The van der Waals surface area contributed by atoms with Gasteiger partial charge in [-0.05, 0) is 18.6 Å². The zero-order valence-electron chi connectivity index (χ0n) is 10.1. The maximum absolute atomic E-state index is 13.2. The molecule has 0 aliphatic heterocycles.